The quantitative estimate of drug-likeness (QED) is 0.819. The highest BCUT2D eigenvalue weighted by atomic mass is 35.5. The van der Waals surface area contributed by atoms with E-state index in [-0.39, 0.29) is 23.5 Å². The average Bonchev–Trinajstić information content (AvgIpc) is 2.94. The first-order valence-corrected chi connectivity index (χ1v) is 10.4. The number of sulfone groups is 1. The molecule has 1 fully saturated rings. The van der Waals surface area contributed by atoms with E-state index in [1.807, 2.05) is 37.3 Å². The molecule has 3 rings (SSSR count). The second-order valence-electron chi connectivity index (χ2n) is 6.43. The van der Waals surface area contributed by atoms with Gasteiger partial charge in [0, 0.05) is 23.2 Å². The zero-order chi connectivity index (χ0) is 18.0. The van der Waals surface area contributed by atoms with Gasteiger partial charge in [-0.05, 0) is 42.7 Å². The molecule has 0 bridgehead atoms. The smallest absolute Gasteiger partial charge is 0.254 e. The lowest BCUT2D eigenvalue weighted by atomic mass is 10.1. The summed E-state index contributed by atoms with van der Waals surface area (Å²) in [5.74, 6) is 0.0313. The standard InChI is InChI=1S/C19H20ClNO3S/c1-14-4-2-3-5-18(14)19(22)21(17-10-11-25(23,24)13-17)12-15-6-8-16(20)9-7-15/h2-9,17H,10-13H2,1H3/t17-/m1/s1. The van der Waals surface area contributed by atoms with Crippen molar-refractivity contribution in [2.45, 2.75) is 25.9 Å². The first kappa shape index (κ1) is 18.0. The fourth-order valence-corrected chi connectivity index (χ4v) is 5.00. The average molecular weight is 378 g/mol. The maximum absolute atomic E-state index is 13.1. The highest BCUT2D eigenvalue weighted by Crippen LogP contribution is 2.24. The van der Waals surface area contributed by atoms with Crippen LogP contribution in [-0.2, 0) is 16.4 Å². The Morgan fingerprint density at radius 3 is 2.44 bits per heavy atom. The molecule has 25 heavy (non-hydrogen) atoms. The van der Waals surface area contributed by atoms with Crippen LogP contribution < -0.4 is 0 Å². The van der Waals surface area contributed by atoms with Gasteiger partial charge in [0.2, 0.25) is 0 Å². The molecule has 0 radical (unpaired) electrons. The van der Waals surface area contributed by atoms with Crippen molar-refractivity contribution in [3.05, 3.63) is 70.2 Å². The van der Waals surface area contributed by atoms with Crippen molar-refractivity contribution in [2.24, 2.45) is 0 Å². The SMILES string of the molecule is Cc1ccccc1C(=O)N(Cc1ccc(Cl)cc1)[C@@H]1CCS(=O)(=O)C1. The van der Waals surface area contributed by atoms with Crippen molar-refractivity contribution in [3.8, 4) is 0 Å². The van der Waals surface area contributed by atoms with Gasteiger partial charge in [-0.2, -0.15) is 0 Å². The van der Waals surface area contributed by atoms with Crippen LogP contribution in [0.25, 0.3) is 0 Å². The van der Waals surface area contributed by atoms with Gasteiger partial charge in [-0.3, -0.25) is 4.79 Å². The van der Waals surface area contributed by atoms with Gasteiger partial charge in [0.05, 0.1) is 11.5 Å². The molecule has 1 heterocycles. The molecule has 1 atom stereocenters. The Balaban J connectivity index is 1.92. The summed E-state index contributed by atoms with van der Waals surface area (Å²) >= 11 is 5.93. The molecule has 1 aliphatic rings. The molecule has 132 valence electrons. The zero-order valence-corrected chi connectivity index (χ0v) is 15.6. The summed E-state index contributed by atoms with van der Waals surface area (Å²) in [6.07, 6.45) is 0.480. The molecule has 0 N–H and O–H groups in total. The number of nitrogens with zero attached hydrogens (tertiary/aromatic N) is 1. The van der Waals surface area contributed by atoms with Crippen LogP contribution in [0.15, 0.2) is 48.5 Å². The largest absolute Gasteiger partial charge is 0.330 e. The van der Waals surface area contributed by atoms with Gasteiger partial charge in [0.15, 0.2) is 9.84 Å². The van der Waals surface area contributed by atoms with E-state index in [0.717, 1.165) is 11.1 Å². The number of aryl methyl sites for hydroxylation is 1. The van der Waals surface area contributed by atoms with Crippen LogP contribution in [0.2, 0.25) is 5.02 Å². The van der Waals surface area contributed by atoms with Crippen molar-refractivity contribution in [1.29, 1.82) is 0 Å². The minimum atomic E-state index is -3.08. The van der Waals surface area contributed by atoms with E-state index in [0.29, 0.717) is 23.6 Å². The number of halogens is 1. The van der Waals surface area contributed by atoms with E-state index in [9.17, 15) is 13.2 Å². The lowest BCUT2D eigenvalue weighted by molar-refractivity contribution is 0.0680. The Hall–Kier alpha value is -1.85. The van der Waals surface area contributed by atoms with Gasteiger partial charge in [-0.25, -0.2) is 8.42 Å². The van der Waals surface area contributed by atoms with Crippen molar-refractivity contribution < 1.29 is 13.2 Å². The van der Waals surface area contributed by atoms with Crippen molar-refractivity contribution in [2.75, 3.05) is 11.5 Å². The summed E-state index contributed by atoms with van der Waals surface area (Å²) in [6.45, 7) is 2.25. The highest BCUT2D eigenvalue weighted by Gasteiger charge is 2.35. The molecule has 4 nitrogen and oxygen atoms in total. The van der Waals surface area contributed by atoms with Crippen LogP contribution in [0.4, 0.5) is 0 Å². The molecule has 1 amide bonds. The monoisotopic (exact) mass is 377 g/mol. The molecule has 0 aromatic heterocycles. The third-order valence-electron chi connectivity index (χ3n) is 4.55. The summed E-state index contributed by atoms with van der Waals surface area (Å²) in [5, 5.41) is 0.629. The van der Waals surface area contributed by atoms with Crippen molar-refractivity contribution in [1.82, 2.24) is 4.90 Å². The van der Waals surface area contributed by atoms with Gasteiger partial charge in [0.1, 0.15) is 0 Å². The number of hydrogen-bond donors (Lipinski definition) is 0. The zero-order valence-electron chi connectivity index (χ0n) is 14.0. The van der Waals surface area contributed by atoms with Crippen molar-refractivity contribution >= 4 is 27.3 Å². The molecular weight excluding hydrogens is 358 g/mol. The van der Waals surface area contributed by atoms with Gasteiger partial charge in [0.25, 0.3) is 5.91 Å². The molecule has 6 heteroatoms. The topological polar surface area (TPSA) is 54.5 Å². The highest BCUT2D eigenvalue weighted by molar-refractivity contribution is 7.91. The number of rotatable bonds is 4. The molecule has 0 saturated carbocycles. The van der Waals surface area contributed by atoms with E-state index >= 15 is 0 Å². The predicted octanol–water partition coefficient (Wildman–Crippen LogP) is 3.48. The van der Waals surface area contributed by atoms with Crippen LogP contribution in [0.5, 0.6) is 0 Å². The summed E-state index contributed by atoms with van der Waals surface area (Å²) < 4.78 is 23.8. The number of benzene rings is 2. The third-order valence-corrected chi connectivity index (χ3v) is 6.55. The number of amides is 1. The Morgan fingerprint density at radius 2 is 1.84 bits per heavy atom. The second-order valence-corrected chi connectivity index (χ2v) is 9.10. The van der Waals surface area contributed by atoms with Gasteiger partial charge < -0.3 is 4.90 Å². The molecule has 0 unspecified atom stereocenters. The van der Waals surface area contributed by atoms with E-state index in [4.69, 9.17) is 11.6 Å². The van der Waals surface area contributed by atoms with E-state index in [1.54, 1.807) is 23.1 Å². The molecular formula is C19H20ClNO3S. The summed E-state index contributed by atoms with van der Waals surface area (Å²) in [6, 6.07) is 14.4. The number of carbonyl (C=O) groups is 1. The fourth-order valence-electron chi connectivity index (χ4n) is 3.14. The Morgan fingerprint density at radius 1 is 1.16 bits per heavy atom. The second kappa shape index (κ2) is 7.18. The third kappa shape index (κ3) is 4.22. The first-order chi connectivity index (χ1) is 11.9. The van der Waals surface area contributed by atoms with Crippen molar-refractivity contribution in [3.63, 3.8) is 0 Å². The fraction of sp³-hybridized carbons (Fsp3) is 0.316. The maximum atomic E-state index is 13.1. The Bertz CT molecular complexity index is 878. The van der Waals surface area contributed by atoms with Crippen LogP contribution in [0.3, 0.4) is 0 Å². The summed E-state index contributed by atoms with van der Waals surface area (Å²) in [4.78, 5) is 14.8. The molecule has 1 saturated heterocycles. The Kier molecular flexibility index (Phi) is 5.16. The van der Waals surface area contributed by atoms with Crippen LogP contribution in [0, 0.1) is 6.92 Å². The van der Waals surface area contributed by atoms with Gasteiger partial charge in [-0.1, -0.05) is 41.9 Å². The maximum Gasteiger partial charge on any atom is 0.254 e. The predicted molar refractivity (Wildman–Crippen MR) is 99.6 cm³/mol. The molecule has 0 aliphatic carbocycles. The molecule has 2 aromatic rings. The summed E-state index contributed by atoms with van der Waals surface area (Å²) in [5.41, 5.74) is 2.42. The molecule has 2 aromatic carbocycles. The van der Waals surface area contributed by atoms with Crippen LogP contribution in [0.1, 0.15) is 27.9 Å². The lowest BCUT2D eigenvalue weighted by Gasteiger charge is -2.29. The van der Waals surface area contributed by atoms with E-state index in [2.05, 4.69) is 0 Å². The lowest BCUT2D eigenvalue weighted by Crippen LogP contribution is -2.40. The number of carbonyl (C=O) groups excluding carboxylic acids is 1. The van der Waals surface area contributed by atoms with E-state index in [1.165, 1.54) is 0 Å². The normalized spacial score (nSPS) is 18.9. The number of hydrogen-bond acceptors (Lipinski definition) is 3. The van der Waals surface area contributed by atoms with E-state index < -0.39 is 9.84 Å². The molecule has 1 aliphatic heterocycles. The molecule has 0 spiro atoms. The van der Waals surface area contributed by atoms with Crippen LogP contribution in [-0.4, -0.2) is 36.8 Å². The minimum absolute atomic E-state index is 0.0260. The van der Waals surface area contributed by atoms with Gasteiger partial charge in [-0.15, -0.1) is 0 Å². The minimum Gasteiger partial charge on any atom is -0.330 e. The first-order valence-electron chi connectivity index (χ1n) is 8.17. The van der Waals surface area contributed by atoms with Gasteiger partial charge >= 0.3 is 0 Å². The Labute approximate surface area is 153 Å². The van der Waals surface area contributed by atoms with Crippen LogP contribution >= 0.6 is 11.6 Å². The summed E-state index contributed by atoms with van der Waals surface area (Å²) in [7, 11) is -3.08.